The van der Waals surface area contributed by atoms with Gasteiger partial charge in [-0.1, -0.05) is 29.3 Å². The summed E-state index contributed by atoms with van der Waals surface area (Å²) in [7, 11) is 0. The van der Waals surface area contributed by atoms with E-state index < -0.39 is 0 Å². The highest BCUT2D eigenvalue weighted by Gasteiger charge is 1.98. The number of halogens is 2. The topological polar surface area (TPSA) is 101 Å². The molecular formula is C8H10Cl2N6. The molecule has 0 amide bonds. The zero-order valence-corrected chi connectivity index (χ0v) is 9.63. The molecule has 0 aromatic heterocycles. The summed E-state index contributed by atoms with van der Waals surface area (Å²) in [5.41, 5.74) is 5.38. The lowest BCUT2D eigenvalue weighted by molar-refractivity contribution is 0.885. The number of hydrazone groups is 2. The Morgan fingerprint density at radius 2 is 2.12 bits per heavy atom. The third-order valence-corrected chi connectivity index (χ3v) is 2.16. The molecule has 0 heterocycles. The van der Waals surface area contributed by atoms with Gasteiger partial charge in [-0.25, -0.2) is 11.3 Å². The van der Waals surface area contributed by atoms with Crippen molar-refractivity contribution in [2.75, 3.05) is 0 Å². The lowest BCUT2D eigenvalue weighted by atomic mass is 10.2. The second-order valence-corrected chi connectivity index (χ2v) is 3.50. The van der Waals surface area contributed by atoms with Crippen LogP contribution in [-0.4, -0.2) is 12.2 Å². The molecule has 6 N–H and O–H groups in total. The van der Waals surface area contributed by atoms with Crippen molar-refractivity contribution >= 4 is 35.4 Å². The summed E-state index contributed by atoms with van der Waals surface area (Å²) in [4.78, 5) is 0. The Hall–Kier alpha value is -1.50. The Bertz CT molecular complexity index is 417. The van der Waals surface area contributed by atoms with Crippen LogP contribution in [0.3, 0.4) is 0 Å². The Morgan fingerprint density at radius 3 is 2.69 bits per heavy atom. The van der Waals surface area contributed by atoms with E-state index in [0.29, 0.717) is 15.6 Å². The van der Waals surface area contributed by atoms with Crippen LogP contribution in [0, 0.1) is 0 Å². The monoisotopic (exact) mass is 260 g/mol. The Labute approximate surface area is 102 Å². The molecule has 0 bridgehead atoms. The van der Waals surface area contributed by atoms with Gasteiger partial charge in [0.05, 0.1) is 11.2 Å². The van der Waals surface area contributed by atoms with Crippen LogP contribution in [0.25, 0.3) is 0 Å². The summed E-state index contributed by atoms with van der Waals surface area (Å²) in [5.74, 6) is 10.2. The molecule has 16 heavy (non-hydrogen) atoms. The normalized spacial score (nSPS) is 11.8. The van der Waals surface area contributed by atoms with Crippen molar-refractivity contribution in [3.8, 4) is 0 Å². The van der Waals surface area contributed by atoms with Gasteiger partial charge < -0.3 is 5.84 Å². The number of nitrogens with one attached hydrogen (secondary N) is 2. The van der Waals surface area contributed by atoms with E-state index in [2.05, 4.69) is 21.1 Å². The molecule has 6 nitrogen and oxygen atoms in total. The fourth-order valence-electron chi connectivity index (χ4n) is 0.868. The molecule has 0 atom stereocenters. The van der Waals surface area contributed by atoms with Crippen LogP contribution >= 0.6 is 23.2 Å². The van der Waals surface area contributed by atoms with Crippen molar-refractivity contribution in [3.05, 3.63) is 33.8 Å². The Morgan fingerprint density at radius 1 is 1.38 bits per heavy atom. The van der Waals surface area contributed by atoms with Gasteiger partial charge in [-0.2, -0.15) is 5.10 Å². The van der Waals surface area contributed by atoms with Crippen LogP contribution in [0.5, 0.6) is 0 Å². The molecule has 0 fully saturated rings. The molecule has 0 aliphatic rings. The molecule has 1 rings (SSSR count). The van der Waals surface area contributed by atoms with E-state index in [9.17, 15) is 0 Å². The number of hydrazine groups is 1. The number of benzene rings is 1. The van der Waals surface area contributed by atoms with E-state index in [-0.39, 0.29) is 5.96 Å². The van der Waals surface area contributed by atoms with Crippen LogP contribution in [0.4, 0.5) is 0 Å². The highest BCUT2D eigenvalue weighted by Crippen LogP contribution is 2.19. The second kappa shape index (κ2) is 6.16. The third kappa shape index (κ3) is 3.58. The van der Waals surface area contributed by atoms with Crippen molar-refractivity contribution < 1.29 is 0 Å². The number of hydrogen-bond acceptors (Lipinski definition) is 4. The van der Waals surface area contributed by atoms with E-state index in [0.717, 1.165) is 0 Å². The van der Waals surface area contributed by atoms with Crippen molar-refractivity contribution in [2.24, 2.45) is 21.9 Å². The Kier molecular flexibility index (Phi) is 4.84. The van der Waals surface area contributed by atoms with E-state index in [1.54, 1.807) is 18.2 Å². The van der Waals surface area contributed by atoms with Crippen LogP contribution < -0.4 is 22.5 Å². The largest absolute Gasteiger partial charge is 0.320 e. The minimum absolute atomic E-state index is 0.126. The zero-order chi connectivity index (χ0) is 12.0. The first-order chi connectivity index (χ1) is 7.67. The van der Waals surface area contributed by atoms with Gasteiger partial charge in [-0.3, -0.25) is 5.43 Å². The maximum absolute atomic E-state index is 5.91. The van der Waals surface area contributed by atoms with E-state index in [4.69, 9.17) is 34.9 Å². The third-order valence-electron chi connectivity index (χ3n) is 1.60. The van der Waals surface area contributed by atoms with E-state index in [1.165, 1.54) is 6.21 Å². The Balaban J connectivity index is 2.70. The van der Waals surface area contributed by atoms with Crippen molar-refractivity contribution in [3.63, 3.8) is 0 Å². The minimum Gasteiger partial charge on any atom is -0.320 e. The molecule has 0 saturated heterocycles. The highest BCUT2D eigenvalue weighted by molar-refractivity contribution is 6.36. The molecule has 0 spiro atoms. The van der Waals surface area contributed by atoms with Gasteiger partial charge in [0, 0.05) is 10.6 Å². The highest BCUT2D eigenvalue weighted by atomic mass is 35.5. The van der Waals surface area contributed by atoms with Gasteiger partial charge in [0.1, 0.15) is 0 Å². The molecule has 86 valence electrons. The average Bonchev–Trinajstić information content (AvgIpc) is 2.27. The number of nitrogens with zero attached hydrogens (tertiary/aromatic N) is 2. The molecule has 8 heteroatoms. The lowest BCUT2D eigenvalue weighted by Gasteiger charge is -2.01. The quantitative estimate of drug-likeness (QED) is 0.271. The van der Waals surface area contributed by atoms with Crippen molar-refractivity contribution in [1.29, 1.82) is 0 Å². The first kappa shape index (κ1) is 12.6. The predicted octanol–water partition coefficient (Wildman–Crippen LogP) is 0.610. The van der Waals surface area contributed by atoms with Gasteiger partial charge in [-0.05, 0) is 12.1 Å². The molecule has 0 aliphatic heterocycles. The molecule has 0 unspecified atom stereocenters. The molecular weight excluding hydrogens is 251 g/mol. The summed E-state index contributed by atoms with van der Waals surface area (Å²) in [6, 6.07) is 5.04. The maximum atomic E-state index is 5.91. The molecule has 0 radical (unpaired) electrons. The van der Waals surface area contributed by atoms with Gasteiger partial charge in [-0.15, -0.1) is 5.10 Å². The smallest absolute Gasteiger partial charge is 0.248 e. The standard InChI is InChI=1S/C8H10Cl2N6/c9-6-2-1-5(7(10)3-6)4-13-16-8(14-11)15-12/h1-4H,11-12H2,(H2,14,15,16)/b13-4+. The predicted molar refractivity (Wildman–Crippen MR) is 66.1 cm³/mol. The van der Waals surface area contributed by atoms with Crippen molar-refractivity contribution in [1.82, 2.24) is 10.9 Å². The number of nitrogens with two attached hydrogens (primary N) is 2. The zero-order valence-electron chi connectivity index (χ0n) is 8.11. The van der Waals surface area contributed by atoms with Crippen LogP contribution in [-0.2, 0) is 0 Å². The van der Waals surface area contributed by atoms with Gasteiger partial charge >= 0.3 is 0 Å². The molecule has 1 aromatic carbocycles. The fourth-order valence-corrected chi connectivity index (χ4v) is 1.32. The maximum Gasteiger partial charge on any atom is 0.248 e. The summed E-state index contributed by atoms with van der Waals surface area (Å²) >= 11 is 11.7. The number of hydrogen-bond donors (Lipinski definition) is 4. The first-order valence-electron chi connectivity index (χ1n) is 4.16. The van der Waals surface area contributed by atoms with E-state index in [1.807, 2.05) is 0 Å². The second-order valence-electron chi connectivity index (χ2n) is 2.66. The number of guanidine groups is 1. The van der Waals surface area contributed by atoms with Gasteiger partial charge in [0.25, 0.3) is 0 Å². The molecule has 0 saturated carbocycles. The van der Waals surface area contributed by atoms with Crippen LogP contribution in [0.1, 0.15) is 5.56 Å². The lowest BCUT2D eigenvalue weighted by Crippen LogP contribution is -2.39. The average molecular weight is 261 g/mol. The van der Waals surface area contributed by atoms with E-state index >= 15 is 0 Å². The minimum atomic E-state index is 0.126. The first-order valence-corrected chi connectivity index (χ1v) is 4.91. The molecule has 0 aliphatic carbocycles. The fraction of sp³-hybridized carbons (Fsp3) is 0. The SMILES string of the molecule is N/N=C(\NN)N/N=C/c1ccc(Cl)cc1Cl. The summed E-state index contributed by atoms with van der Waals surface area (Å²) in [6.07, 6.45) is 1.49. The summed E-state index contributed by atoms with van der Waals surface area (Å²) in [5, 5.41) is 8.14. The van der Waals surface area contributed by atoms with Gasteiger partial charge in [0.2, 0.25) is 5.96 Å². The van der Waals surface area contributed by atoms with Crippen LogP contribution in [0.15, 0.2) is 28.4 Å². The summed E-state index contributed by atoms with van der Waals surface area (Å²) < 4.78 is 0. The van der Waals surface area contributed by atoms with Gasteiger partial charge in [0.15, 0.2) is 0 Å². The molecule has 1 aromatic rings. The number of rotatable bonds is 2. The van der Waals surface area contributed by atoms with Crippen molar-refractivity contribution in [2.45, 2.75) is 0 Å². The summed E-state index contributed by atoms with van der Waals surface area (Å²) in [6.45, 7) is 0. The van der Waals surface area contributed by atoms with Crippen LogP contribution in [0.2, 0.25) is 10.0 Å².